The van der Waals surface area contributed by atoms with Crippen LogP contribution in [0.25, 0.3) is 0 Å². The number of amides is 12. The second-order valence-corrected chi connectivity index (χ2v) is 27.2. The van der Waals surface area contributed by atoms with Crippen molar-refractivity contribution >= 4 is 125 Å². The number of rotatable bonds is 54. The number of guanidine groups is 4. The van der Waals surface area contributed by atoms with Crippen LogP contribution in [0.4, 0.5) is 0 Å². The number of likely N-dealkylation sites (tertiary alicyclic amines) is 2. The van der Waals surface area contributed by atoms with Gasteiger partial charge < -0.3 is 146 Å². The van der Waals surface area contributed by atoms with Gasteiger partial charge in [-0.25, -0.2) is 4.79 Å². The number of carbonyl (C=O) groups excluding carboxylic acids is 12. The zero-order valence-corrected chi connectivity index (χ0v) is 64.1. The van der Waals surface area contributed by atoms with E-state index in [9.17, 15) is 92.3 Å². The third-order valence-electron chi connectivity index (χ3n) is 17.7. The molecule has 2 heterocycles. The minimum Gasteiger partial charge on any atom is -0.481 e. The van der Waals surface area contributed by atoms with Gasteiger partial charge in [0.2, 0.25) is 70.9 Å². The van der Waals surface area contributed by atoms with Crippen molar-refractivity contribution in [3.8, 4) is 0 Å². The van der Waals surface area contributed by atoms with Gasteiger partial charge in [-0.2, -0.15) is 12.6 Å². The first kappa shape index (κ1) is 97.4. The molecule has 46 nitrogen and oxygen atoms in total. The van der Waals surface area contributed by atoms with Crippen LogP contribution in [-0.2, 0) is 71.9 Å². The maximum absolute atomic E-state index is 14.7. The van der Waals surface area contributed by atoms with Crippen molar-refractivity contribution < 1.29 is 92.3 Å². The Morgan fingerprint density at radius 1 is 0.411 bits per heavy atom. The number of thiol groups is 1. The molecular weight excluding hydrogens is 1490 g/mol. The highest BCUT2D eigenvalue weighted by atomic mass is 32.1. The highest BCUT2D eigenvalue weighted by molar-refractivity contribution is 7.80. The summed E-state index contributed by atoms with van der Waals surface area (Å²) in [6, 6.07) is -19.5. The third kappa shape index (κ3) is 36.4. The molecule has 2 aliphatic rings. The maximum Gasteiger partial charge on any atom is 0.326 e. The van der Waals surface area contributed by atoms with Crippen LogP contribution in [0.5, 0.6) is 0 Å². The molecule has 0 spiro atoms. The Morgan fingerprint density at radius 3 is 1.20 bits per heavy atom. The number of nitrogens with zero attached hydrogens (tertiary/aromatic N) is 6. The summed E-state index contributed by atoms with van der Waals surface area (Å²) in [4.78, 5) is 223. The second-order valence-electron chi connectivity index (χ2n) is 26.8. The zero-order valence-electron chi connectivity index (χ0n) is 63.2. The molecular formula is C65H117N27O19S. The predicted molar refractivity (Wildman–Crippen MR) is 410 cm³/mol. The van der Waals surface area contributed by atoms with Crippen LogP contribution in [0.3, 0.4) is 0 Å². The van der Waals surface area contributed by atoms with E-state index >= 15 is 0 Å². The maximum atomic E-state index is 14.7. The first-order valence-electron chi connectivity index (χ1n) is 36.8. The first-order valence-corrected chi connectivity index (χ1v) is 37.5. The molecule has 14 atom stereocenters. The lowest BCUT2D eigenvalue weighted by Gasteiger charge is -2.31. The molecule has 36 N–H and O–H groups in total. The summed E-state index contributed by atoms with van der Waals surface area (Å²) in [5, 5.41) is 65.0. The number of unbranched alkanes of at least 4 members (excludes halogenated alkanes) is 2. The number of carboxylic acid groups (broad SMARTS) is 3. The fourth-order valence-corrected chi connectivity index (χ4v) is 12.1. The molecule has 0 bridgehead atoms. The average Bonchev–Trinajstić information content (AvgIpc) is 1.63. The fraction of sp³-hybridized carbons (Fsp3) is 0.708. The van der Waals surface area contributed by atoms with Crippen molar-refractivity contribution in [2.75, 3.05) is 58.1 Å². The number of nitrogens with two attached hydrogens (primary N) is 11. The van der Waals surface area contributed by atoms with Crippen molar-refractivity contribution in [1.29, 1.82) is 0 Å². The van der Waals surface area contributed by atoms with Crippen LogP contribution >= 0.6 is 12.6 Å². The van der Waals surface area contributed by atoms with Crippen molar-refractivity contribution in [2.45, 2.75) is 233 Å². The van der Waals surface area contributed by atoms with Gasteiger partial charge in [0.25, 0.3) is 0 Å². The fourth-order valence-electron chi connectivity index (χ4n) is 11.8. The SMILES string of the molecule is C[C@H](NC(=O)[C@H](CC(=O)O)NC(=O)[C@H](CS)NC(=O)[C@H](CCCCN)NC(=O)[C@H](CCC(=O)O)NC(=O)[C@@H]1CCCN1C(=O)[C@H](CCCCN)NC(=O)[C@@H](NC(=O)[C@H](CCCN=C(N)N)NC(=O)[C@@H](N)CCCN=C(N)N)[C@@H](C)O)C(=O)N1CCC[C@H]1C(=O)N[C@@H](CCCN=C(N)N)C(=O)N[C@@H](CCCN=C(N)N)C(=O)O. The number of hydrogen-bond acceptors (Lipinski definition) is 24. The molecule has 0 aliphatic carbocycles. The molecule has 112 heavy (non-hydrogen) atoms. The Morgan fingerprint density at radius 2 is 0.768 bits per heavy atom. The van der Waals surface area contributed by atoms with Crippen LogP contribution in [0.1, 0.15) is 149 Å². The van der Waals surface area contributed by atoms with Crippen molar-refractivity contribution in [2.24, 2.45) is 83.0 Å². The predicted octanol–water partition coefficient (Wildman–Crippen LogP) is -10.6. The quantitative estimate of drug-likeness (QED) is 0.0116. The van der Waals surface area contributed by atoms with Crippen molar-refractivity contribution in [3.05, 3.63) is 0 Å². The number of aliphatic carboxylic acids is 3. The third-order valence-corrected chi connectivity index (χ3v) is 18.1. The lowest BCUT2D eigenvalue weighted by Crippen LogP contribution is -2.61. The van der Waals surface area contributed by atoms with Crippen LogP contribution in [0.2, 0.25) is 0 Å². The Kier molecular flexibility index (Phi) is 45.0. The van der Waals surface area contributed by atoms with Gasteiger partial charge in [-0.3, -0.25) is 87.1 Å². The van der Waals surface area contributed by atoms with Crippen LogP contribution in [0, 0.1) is 0 Å². The van der Waals surface area contributed by atoms with Gasteiger partial charge in [-0.1, -0.05) is 0 Å². The van der Waals surface area contributed by atoms with Crippen molar-refractivity contribution in [1.82, 2.24) is 63.0 Å². The summed E-state index contributed by atoms with van der Waals surface area (Å²) < 4.78 is 0. The molecule has 0 aromatic rings. The Hall–Kier alpha value is -10.7. The number of hydrogen-bond donors (Lipinski definition) is 26. The number of aliphatic imine (C=N–C) groups is 4. The molecule has 0 unspecified atom stereocenters. The summed E-state index contributed by atoms with van der Waals surface area (Å²) >= 11 is 4.21. The van der Waals surface area contributed by atoms with E-state index in [-0.39, 0.29) is 179 Å². The molecule has 2 rings (SSSR count). The van der Waals surface area contributed by atoms with Gasteiger partial charge >= 0.3 is 17.9 Å². The molecule has 632 valence electrons. The summed E-state index contributed by atoms with van der Waals surface area (Å²) in [6.07, 6.45) is -2.21. The van der Waals surface area contributed by atoms with Gasteiger partial charge in [0, 0.05) is 51.4 Å². The largest absolute Gasteiger partial charge is 0.481 e. The van der Waals surface area contributed by atoms with Gasteiger partial charge in [-0.05, 0) is 149 Å². The van der Waals surface area contributed by atoms with E-state index in [1.807, 2.05) is 0 Å². The Bertz CT molecular complexity index is 3300. The Labute approximate surface area is 652 Å². The van der Waals surface area contributed by atoms with Crippen LogP contribution < -0.4 is 116 Å². The summed E-state index contributed by atoms with van der Waals surface area (Å²) in [6.45, 7) is 2.81. The summed E-state index contributed by atoms with van der Waals surface area (Å²) in [7, 11) is 0. The van der Waals surface area contributed by atoms with Gasteiger partial charge in [-0.15, -0.1) is 0 Å². The summed E-state index contributed by atoms with van der Waals surface area (Å²) in [5.74, 6) is -17.5. The van der Waals surface area contributed by atoms with E-state index in [2.05, 4.69) is 85.8 Å². The molecule has 2 fully saturated rings. The topological polar surface area (TPSA) is 799 Å². The highest BCUT2D eigenvalue weighted by Crippen LogP contribution is 2.23. The van der Waals surface area contributed by atoms with Crippen molar-refractivity contribution in [3.63, 3.8) is 0 Å². The molecule has 0 aromatic heterocycles. The number of aliphatic hydroxyl groups excluding tert-OH is 1. The minimum atomic E-state index is -1.95. The molecule has 0 saturated carbocycles. The van der Waals surface area contributed by atoms with E-state index in [1.54, 1.807) is 0 Å². The minimum absolute atomic E-state index is 0.0108. The number of carbonyl (C=O) groups is 15. The van der Waals surface area contributed by atoms with Gasteiger partial charge in [0.15, 0.2) is 23.8 Å². The molecule has 47 heteroatoms. The van der Waals surface area contributed by atoms with E-state index in [0.29, 0.717) is 12.8 Å². The number of aliphatic hydroxyl groups is 1. The van der Waals surface area contributed by atoms with Gasteiger partial charge in [0.1, 0.15) is 72.5 Å². The number of nitrogens with one attached hydrogen (secondary N) is 10. The second kappa shape index (κ2) is 51.7. The average molecular weight is 1610 g/mol. The normalized spacial score (nSPS) is 16.9. The molecule has 2 aliphatic heterocycles. The zero-order chi connectivity index (χ0) is 84.3. The standard InChI is InChI=1S/C65H117N27O19S/c1-33(59(108)91-29-11-19-44(91)56(105)84-37(16-8-26-78-63(71)72)50(99)87-41(61(110)111)18-10-28-80-65(75)76)81-54(103)42(31-47(96)97)88-55(104)43(32-112)89-51(100)36(14-3-5-23-66)83-52(101)39(21-22-46(94)95)85-57(106)45-20-12-30-92(45)60(109)40(15-4-6-24-67)86-58(107)48(34(2)93)90-53(102)38(17-9-27-79-64(73)74)82-49(98)35(68)13-7-25-77-62(69)70/h33-45,48,93,112H,3-32,66-68H2,1-2H3,(H,81,103)(H,82,98)(H,83,101)(H,84,105)(H,85,106)(H,86,107)(H,87,99)(H,88,104)(H,89,100)(H,90,102)(H,94,95)(H,96,97)(H,110,111)(H4,69,70,77)(H4,71,72,78)(H4,73,74,79)(H4,75,76,80)/t33-,34+,35-,36-,37-,38-,39-,40-,41-,42-,43-,44-,45-,48-/m0/s1. The summed E-state index contributed by atoms with van der Waals surface area (Å²) in [5.41, 5.74) is 60.9. The molecule has 2 saturated heterocycles. The highest BCUT2D eigenvalue weighted by Gasteiger charge is 2.43. The molecule has 12 amide bonds. The Balaban J connectivity index is 2.38. The smallest absolute Gasteiger partial charge is 0.326 e. The van der Waals surface area contributed by atoms with Gasteiger partial charge in [0.05, 0.1) is 18.6 Å². The van der Waals surface area contributed by atoms with Crippen LogP contribution in [-0.4, -0.2) is 286 Å². The lowest BCUT2D eigenvalue weighted by molar-refractivity contribution is -0.144. The molecule has 0 aromatic carbocycles. The number of carboxylic acids is 3. The molecule has 0 radical (unpaired) electrons. The first-order chi connectivity index (χ1) is 52.9. The van der Waals surface area contributed by atoms with E-state index in [4.69, 9.17) is 63.1 Å². The van der Waals surface area contributed by atoms with Crippen LogP contribution in [0.15, 0.2) is 20.0 Å². The van der Waals surface area contributed by atoms with E-state index < -0.39 is 198 Å². The lowest BCUT2D eigenvalue weighted by atomic mass is 10.0. The van der Waals surface area contributed by atoms with E-state index in [0.717, 1.165) is 9.80 Å². The monoisotopic (exact) mass is 1610 g/mol. The van der Waals surface area contributed by atoms with E-state index in [1.165, 1.54) is 13.8 Å².